The van der Waals surface area contributed by atoms with Crippen molar-refractivity contribution in [2.75, 3.05) is 20.7 Å². The molecular formula is C13H17NO2. The van der Waals surface area contributed by atoms with E-state index in [0.29, 0.717) is 6.04 Å². The molecule has 0 N–H and O–H groups in total. The van der Waals surface area contributed by atoms with Crippen molar-refractivity contribution < 1.29 is 9.47 Å². The second-order valence-electron chi connectivity index (χ2n) is 4.75. The van der Waals surface area contributed by atoms with Crippen LogP contribution in [0.1, 0.15) is 17.2 Å². The Bertz CT molecular complexity index is 391. The van der Waals surface area contributed by atoms with Gasteiger partial charge in [0.25, 0.3) is 0 Å². The first-order valence-electron chi connectivity index (χ1n) is 5.77. The Balaban J connectivity index is 2.00. The Labute approximate surface area is 96.0 Å². The Morgan fingerprint density at radius 2 is 2.06 bits per heavy atom. The fourth-order valence-corrected chi connectivity index (χ4v) is 2.57. The number of rotatable bonds is 1. The molecule has 86 valence electrons. The topological polar surface area (TPSA) is 21.7 Å². The van der Waals surface area contributed by atoms with Crippen LogP contribution in [0.15, 0.2) is 24.3 Å². The third-order valence-corrected chi connectivity index (χ3v) is 3.51. The summed E-state index contributed by atoms with van der Waals surface area (Å²) in [6.07, 6.45) is 1.00. The minimum atomic E-state index is -0.0453. The molecule has 2 aliphatic rings. The van der Waals surface area contributed by atoms with E-state index in [1.165, 1.54) is 11.1 Å². The van der Waals surface area contributed by atoms with Crippen LogP contribution in [0.3, 0.4) is 0 Å². The van der Waals surface area contributed by atoms with Crippen molar-refractivity contribution in [3.05, 3.63) is 35.4 Å². The zero-order valence-electron chi connectivity index (χ0n) is 9.72. The highest BCUT2D eigenvalue weighted by Crippen LogP contribution is 2.37. The van der Waals surface area contributed by atoms with Crippen molar-refractivity contribution in [2.24, 2.45) is 0 Å². The molecule has 1 saturated heterocycles. The second-order valence-corrected chi connectivity index (χ2v) is 4.75. The zero-order valence-corrected chi connectivity index (χ0v) is 9.72. The van der Waals surface area contributed by atoms with Crippen LogP contribution < -0.4 is 0 Å². The van der Waals surface area contributed by atoms with Crippen molar-refractivity contribution in [2.45, 2.75) is 24.9 Å². The number of benzene rings is 1. The van der Waals surface area contributed by atoms with E-state index in [0.717, 1.165) is 13.0 Å². The van der Waals surface area contributed by atoms with Gasteiger partial charge in [-0.2, -0.15) is 0 Å². The van der Waals surface area contributed by atoms with E-state index in [9.17, 15) is 0 Å². The predicted octanol–water partition coefficient (Wildman–Crippen LogP) is 1.59. The summed E-state index contributed by atoms with van der Waals surface area (Å²) in [4.78, 5) is 2.18. The van der Waals surface area contributed by atoms with Gasteiger partial charge < -0.3 is 14.4 Å². The van der Waals surface area contributed by atoms with Crippen LogP contribution in [0, 0.1) is 0 Å². The molecule has 1 aromatic rings. The van der Waals surface area contributed by atoms with Crippen molar-refractivity contribution >= 4 is 0 Å². The number of nitrogens with zero attached hydrogens (tertiary/aromatic N) is 1. The van der Waals surface area contributed by atoms with E-state index in [1.54, 1.807) is 0 Å². The quantitative estimate of drug-likeness (QED) is 0.716. The third-order valence-electron chi connectivity index (χ3n) is 3.51. The molecular weight excluding hydrogens is 202 g/mol. The van der Waals surface area contributed by atoms with Gasteiger partial charge in [0, 0.05) is 6.42 Å². The van der Waals surface area contributed by atoms with Gasteiger partial charge in [0.05, 0.1) is 12.6 Å². The van der Waals surface area contributed by atoms with Gasteiger partial charge >= 0.3 is 0 Å². The highest BCUT2D eigenvalue weighted by Gasteiger charge is 2.39. The molecule has 2 bridgehead atoms. The second kappa shape index (κ2) is 3.84. The predicted molar refractivity (Wildman–Crippen MR) is 61.2 cm³/mol. The van der Waals surface area contributed by atoms with E-state index < -0.39 is 0 Å². The van der Waals surface area contributed by atoms with E-state index in [4.69, 9.17) is 9.47 Å². The van der Waals surface area contributed by atoms with Gasteiger partial charge in [0.2, 0.25) is 0 Å². The van der Waals surface area contributed by atoms with Crippen LogP contribution >= 0.6 is 0 Å². The molecule has 0 aromatic heterocycles. The summed E-state index contributed by atoms with van der Waals surface area (Å²) in [5, 5.41) is 0. The van der Waals surface area contributed by atoms with E-state index in [2.05, 4.69) is 43.3 Å². The summed E-state index contributed by atoms with van der Waals surface area (Å²) in [7, 11) is 4.16. The summed E-state index contributed by atoms with van der Waals surface area (Å²) in [6, 6.07) is 8.85. The lowest BCUT2D eigenvalue weighted by molar-refractivity contribution is -0.245. The molecule has 3 atom stereocenters. The lowest BCUT2D eigenvalue weighted by atomic mass is 9.91. The average molecular weight is 219 g/mol. The van der Waals surface area contributed by atoms with Crippen molar-refractivity contribution in [3.63, 3.8) is 0 Å². The number of hydrogen-bond acceptors (Lipinski definition) is 3. The molecule has 16 heavy (non-hydrogen) atoms. The number of hydrogen-bond donors (Lipinski definition) is 0. The lowest BCUT2D eigenvalue weighted by Crippen LogP contribution is -2.49. The maximum Gasteiger partial charge on any atom is 0.162 e. The molecule has 0 unspecified atom stereocenters. The third kappa shape index (κ3) is 1.56. The van der Waals surface area contributed by atoms with Crippen LogP contribution in [-0.4, -0.2) is 37.9 Å². The van der Waals surface area contributed by atoms with Crippen LogP contribution in [0.2, 0.25) is 0 Å². The maximum absolute atomic E-state index is 5.96. The van der Waals surface area contributed by atoms with Crippen LogP contribution in [0.25, 0.3) is 0 Å². The van der Waals surface area contributed by atoms with Gasteiger partial charge in [0.15, 0.2) is 6.29 Å². The average Bonchev–Trinajstić information content (AvgIpc) is 2.29. The first-order valence-corrected chi connectivity index (χ1v) is 5.77. The summed E-state index contributed by atoms with van der Waals surface area (Å²) in [5.41, 5.74) is 2.70. The maximum atomic E-state index is 5.96. The van der Waals surface area contributed by atoms with Crippen LogP contribution in [0.4, 0.5) is 0 Å². The van der Waals surface area contributed by atoms with Crippen LogP contribution in [-0.2, 0) is 15.9 Å². The summed E-state index contributed by atoms with van der Waals surface area (Å²) in [6.45, 7) is 0.761. The standard InChI is InChI=1S/C13H17NO2/c1-14(2)11-8-15-12-7-9-5-3-4-6-10(9)13(11)16-12/h3-6,11-13H,7-8H2,1-2H3/t11-,12+,13-/m1/s1. The molecule has 3 heteroatoms. The van der Waals surface area contributed by atoms with Crippen molar-refractivity contribution in [3.8, 4) is 0 Å². The summed E-state index contributed by atoms with van der Waals surface area (Å²) < 4.78 is 11.7. The molecule has 0 amide bonds. The molecule has 3 rings (SSSR count). The first kappa shape index (κ1) is 10.3. The molecule has 0 spiro atoms. The van der Waals surface area contributed by atoms with Gasteiger partial charge in [-0.1, -0.05) is 24.3 Å². The molecule has 1 aromatic carbocycles. The monoisotopic (exact) mass is 219 g/mol. The molecule has 2 heterocycles. The van der Waals surface area contributed by atoms with Gasteiger partial charge in [0.1, 0.15) is 6.10 Å². The fourth-order valence-electron chi connectivity index (χ4n) is 2.57. The molecule has 0 saturated carbocycles. The minimum absolute atomic E-state index is 0.0453. The van der Waals surface area contributed by atoms with E-state index in [1.807, 2.05) is 0 Å². The minimum Gasteiger partial charge on any atom is -0.351 e. The summed E-state index contributed by atoms with van der Waals surface area (Å²) in [5.74, 6) is 0. The fraction of sp³-hybridized carbons (Fsp3) is 0.538. The van der Waals surface area contributed by atoms with Crippen molar-refractivity contribution in [1.82, 2.24) is 4.90 Å². The van der Waals surface area contributed by atoms with Crippen molar-refractivity contribution in [1.29, 1.82) is 0 Å². The highest BCUT2D eigenvalue weighted by molar-refractivity contribution is 5.32. The van der Waals surface area contributed by atoms with Gasteiger partial charge in [-0.05, 0) is 25.2 Å². The molecule has 3 nitrogen and oxygen atoms in total. The van der Waals surface area contributed by atoms with Crippen LogP contribution in [0.5, 0.6) is 0 Å². The van der Waals surface area contributed by atoms with E-state index in [-0.39, 0.29) is 12.4 Å². The molecule has 0 radical (unpaired) electrons. The lowest BCUT2D eigenvalue weighted by Gasteiger charge is -2.43. The van der Waals surface area contributed by atoms with E-state index >= 15 is 0 Å². The number of likely N-dealkylation sites (N-methyl/N-ethyl adjacent to an activating group) is 1. The largest absolute Gasteiger partial charge is 0.351 e. The normalized spacial score (nSPS) is 32.6. The Morgan fingerprint density at radius 3 is 2.88 bits per heavy atom. The SMILES string of the molecule is CN(C)[C@@H]1CO[C@@H]2Cc3ccccc3[C@H]1O2. The first-order chi connectivity index (χ1) is 7.75. The number of fused-ring (bicyclic) bond motifs is 4. The number of ether oxygens (including phenoxy) is 2. The Hall–Kier alpha value is -0.900. The molecule has 0 aliphatic carbocycles. The highest BCUT2D eigenvalue weighted by atomic mass is 16.7. The van der Waals surface area contributed by atoms with Gasteiger partial charge in [-0.3, -0.25) is 0 Å². The van der Waals surface area contributed by atoms with Gasteiger partial charge in [-0.25, -0.2) is 0 Å². The zero-order chi connectivity index (χ0) is 11.1. The Morgan fingerprint density at radius 1 is 1.25 bits per heavy atom. The molecule has 1 fully saturated rings. The van der Waals surface area contributed by atoms with Gasteiger partial charge in [-0.15, -0.1) is 0 Å². The summed E-state index contributed by atoms with van der Waals surface area (Å²) >= 11 is 0. The Kier molecular flexibility index (Phi) is 2.46. The molecule has 2 aliphatic heterocycles. The smallest absolute Gasteiger partial charge is 0.162 e.